The van der Waals surface area contributed by atoms with E-state index in [9.17, 15) is 9.90 Å². The number of nitrogens with two attached hydrogens (primary N) is 2. The normalized spacial score (nSPS) is 33.3. The minimum absolute atomic E-state index is 0.0366. The van der Waals surface area contributed by atoms with Gasteiger partial charge in [0.25, 0.3) is 0 Å². The maximum absolute atomic E-state index is 11.3. The van der Waals surface area contributed by atoms with Crippen molar-refractivity contribution in [3.05, 3.63) is 0 Å². The Kier molecular flexibility index (Phi) is 4.93. The molecule has 0 aliphatic heterocycles. The summed E-state index contributed by atoms with van der Waals surface area (Å²) in [7, 11) is 0. The molecule has 5 N–H and O–H groups in total. The third-order valence-corrected chi connectivity index (χ3v) is 3.77. The highest BCUT2D eigenvalue weighted by Crippen LogP contribution is 2.40. The maximum atomic E-state index is 11.3. The van der Waals surface area contributed by atoms with E-state index in [4.69, 9.17) is 11.6 Å². The molecule has 3 atom stereocenters. The minimum atomic E-state index is -1.10. The first kappa shape index (κ1) is 14.0. The van der Waals surface area contributed by atoms with Gasteiger partial charge in [-0.05, 0) is 31.1 Å². The van der Waals surface area contributed by atoms with Crippen molar-refractivity contribution in [1.29, 1.82) is 0 Å². The average molecular weight is 241 g/mol. The first-order chi connectivity index (χ1) is 8.04. The number of nitrogens with zero attached hydrogens (tertiary/aromatic N) is 1. The molecule has 5 heteroatoms. The number of carboxylic acid groups (broad SMARTS) is 1. The van der Waals surface area contributed by atoms with E-state index in [1.54, 1.807) is 6.21 Å². The van der Waals surface area contributed by atoms with Crippen LogP contribution in [0, 0.1) is 11.8 Å². The van der Waals surface area contributed by atoms with Crippen LogP contribution in [0.3, 0.4) is 0 Å². The predicted molar refractivity (Wildman–Crippen MR) is 67.6 cm³/mol. The molecule has 3 unspecified atom stereocenters. The molecule has 0 aromatic carbocycles. The predicted octanol–water partition coefficient (Wildman–Crippen LogP) is 1.32. The second-order valence-corrected chi connectivity index (χ2v) is 5.04. The van der Waals surface area contributed by atoms with E-state index in [1.165, 1.54) is 0 Å². The Labute approximate surface area is 102 Å². The Bertz CT molecular complexity index is 293. The molecule has 1 rings (SSSR count). The number of aliphatic carboxylic acids is 1. The summed E-state index contributed by atoms with van der Waals surface area (Å²) in [6.45, 7) is 2.13. The Balaban J connectivity index is 2.67. The van der Waals surface area contributed by atoms with Gasteiger partial charge in [-0.25, -0.2) is 0 Å². The second kappa shape index (κ2) is 6.00. The van der Waals surface area contributed by atoms with Gasteiger partial charge in [0.15, 0.2) is 0 Å². The van der Waals surface area contributed by atoms with Crippen LogP contribution in [-0.2, 0) is 4.79 Å². The third kappa shape index (κ3) is 3.19. The van der Waals surface area contributed by atoms with Crippen LogP contribution >= 0.6 is 0 Å². The van der Waals surface area contributed by atoms with Crippen LogP contribution in [0.2, 0.25) is 0 Å². The van der Waals surface area contributed by atoms with Gasteiger partial charge in [-0.15, -0.1) is 0 Å². The van der Waals surface area contributed by atoms with Crippen LogP contribution in [0.4, 0.5) is 0 Å². The Morgan fingerprint density at radius 2 is 2.29 bits per heavy atom. The Hall–Kier alpha value is -1.10. The fourth-order valence-electron chi connectivity index (χ4n) is 2.77. The van der Waals surface area contributed by atoms with Crippen LogP contribution < -0.4 is 11.6 Å². The number of carboxylic acids is 1. The molecule has 1 aliphatic carbocycles. The molecule has 5 nitrogen and oxygen atoms in total. The van der Waals surface area contributed by atoms with Crippen LogP contribution in [-0.4, -0.2) is 22.8 Å². The van der Waals surface area contributed by atoms with E-state index in [1.807, 2.05) is 0 Å². The summed E-state index contributed by atoms with van der Waals surface area (Å²) in [6.07, 6.45) is 7.04. The van der Waals surface area contributed by atoms with E-state index < -0.39 is 11.5 Å². The Morgan fingerprint density at radius 3 is 2.82 bits per heavy atom. The summed E-state index contributed by atoms with van der Waals surface area (Å²) in [5.41, 5.74) is 4.95. The smallest absolute Gasteiger partial charge is 0.323 e. The van der Waals surface area contributed by atoms with E-state index in [0.29, 0.717) is 6.42 Å². The lowest BCUT2D eigenvalue weighted by molar-refractivity contribution is -0.144. The lowest BCUT2D eigenvalue weighted by atomic mass is 9.84. The first-order valence-corrected chi connectivity index (χ1v) is 6.30. The molecule has 0 amide bonds. The van der Waals surface area contributed by atoms with E-state index >= 15 is 0 Å². The summed E-state index contributed by atoms with van der Waals surface area (Å²) in [4.78, 5) is 11.3. The summed E-state index contributed by atoms with van der Waals surface area (Å²) < 4.78 is 0. The lowest BCUT2D eigenvalue weighted by Crippen LogP contribution is -2.51. The number of hydrogen-bond acceptors (Lipinski definition) is 4. The van der Waals surface area contributed by atoms with Gasteiger partial charge in [0, 0.05) is 6.21 Å². The quantitative estimate of drug-likeness (QED) is 0.282. The fourth-order valence-corrected chi connectivity index (χ4v) is 2.77. The molecule has 98 valence electrons. The van der Waals surface area contributed by atoms with Gasteiger partial charge >= 0.3 is 5.97 Å². The van der Waals surface area contributed by atoms with Gasteiger partial charge in [0.2, 0.25) is 0 Å². The highest BCUT2D eigenvalue weighted by atomic mass is 16.4. The molecule has 1 fully saturated rings. The zero-order valence-corrected chi connectivity index (χ0v) is 10.4. The van der Waals surface area contributed by atoms with Crippen molar-refractivity contribution in [1.82, 2.24) is 0 Å². The molecule has 1 saturated carbocycles. The summed E-state index contributed by atoms with van der Waals surface area (Å²) in [5, 5.41) is 12.8. The van der Waals surface area contributed by atoms with Gasteiger partial charge in [0.1, 0.15) is 5.54 Å². The number of hydrogen-bond donors (Lipinski definition) is 3. The van der Waals surface area contributed by atoms with Crippen molar-refractivity contribution in [2.45, 2.75) is 51.0 Å². The standard InChI is InChI=1S/C12H23N3O2/c1-2-3-4-5-10-6-9(8-15-14)7-12(10,13)11(16)17/h8-10H,2-7,13-14H2,1H3,(H,16,17). The SMILES string of the molecule is CCCCCC1CC(C=NN)CC1(N)C(=O)O. The number of unbranched alkanes of at least 4 members (excludes halogenated alkanes) is 2. The van der Waals surface area contributed by atoms with Crippen molar-refractivity contribution in [2.24, 2.45) is 28.5 Å². The van der Waals surface area contributed by atoms with Gasteiger partial charge in [-0.1, -0.05) is 26.2 Å². The molecule has 0 saturated heterocycles. The monoisotopic (exact) mass is 241 g/mol. The van der Waals surface area contributed by atoms with Crippen LogP contribution in [0.15, 0.2) is 5.10 Å². The molecule has 0 heterocycles. The maximum Gasteiger partial charge on any atom is 0.323 e. The molecule has 1 aliphatic rings. The van der Waals surface area contributed by atoms with Gasteiger partial charge < -0.3 is 16.7 Å². The minimum Gasteiger partial charge on any atom is -0.480 e. The molecule has 0 aromatic heterocycles. The van der Waals surface area contributed by atoms with Crippen LogP contribution in [0.1, 0.15) is 45.4 Å². The van der Waals surface area contributed by atoms with Crippen LogP contribution in [0.25, 0.3) is 0 Å². The molecule has 0 spiro atoms. The fraction of sp³-hybridized carbons (Fsp3) is 0.833. The van der Waals surface area contributed by atoms with E-state index in [-0.39, 0.29) is 11.8 Å². The van der Waals surface area contributed by atoms with Crippen LogP contribution in [0.5, 0.6) is 0 Å². The van der Waals surface area contributed by atoms with Crippen molar-refractivity contribution < 1.29 is 9.90 Å². The lowest BCUT2D eigenvalue weighted by Gasteiger charge is -2.26. The van der Waals surface area contributed by atoms with E-state index in [0.717, 1.165) is 32.1 Å². The molecular weight excluding hydrogens is 218 g/mol. The van der Waals surface area contributed by atoms with Gasteiger partial charge in [-0.2, -0.15) is 5.10 Å². The summed E-state index contributed by atoms with van der Waals surface area (Å²) in [5.74, 6) is 4.37. The molecule has 17 heavy (non-hydrogen) atoms. The zero-order valence-electron chi connectivity index (χ0n) is 10.4. The zero-order chi connectivity index (χ0) is 12.9. The highest BCUT2D eigenvalue weighted by Gasteiger charge is 2.49. The van der Waals surface area contributed by atoms with Gasteiger partial charge in [0.05, 0.1) is 0 Å². The summed E-state index contributed by atoms with van der Waals surface area (Å²) >= 11 is 0. The molecular formula is C12H23N3O2. The topological polar surface area (TPSA) is 102 Å². The number of rotatable bonds is 6. The van der Waals surface area contributed by atoms with Gasteiger partial charge in [-0.3, -0.25) is 4.79 Å². The average Bonchev–Trinajstić information content (AvgIpc) is 2.58. The third-order valence-electron chi connectivity index (χ3n) is 3.77. The first-order valence-electron chi connectivity index (χ1n) is 6.30. The second-order valence-electron chi connectivity index (χ2n) is 5.04. The Morgan fingerprint density at radius 1 is 1.59 bits per heavy atom. The largest absolute Gasteiger partial charge is 0.480 e. The van der Waals surface area contributed by atoms with Crippen molar-refractivity contribution >= 4 is 12.2 Å². The van der Waals surface area contributed by atoms with Crippen molar-refractivity contribution in [2.75, 3.05) is 0 Å². The number of carbonyl (C=O) groups is 1. The van der Waals surface area contributed by atoms with E-state index in [2.05, 4.69) is 12.0 Å². The van der Waals surface area contributed by atoms with Crippen molar-refractivity contribution in [3.63, 3.8) is 0 Å². The molecule has 0 aromatic rings. The molecule has 0 radical (unpaired) electrons. The number of hydrazone groups is 1. The molecule has 0 bridgehead atoms. The highest BCUT2D eigenvalue weighted by molar-refractivity contribution is 5.81. The van der Waals surface area contributed by atoms with Crippen molar-refractivity contribution in [3.8, 4) is 0 Å². The summed E-state index contributed by atoms with van der Waals surface area (Å²) in [6, 6.07) is 0.